The molecule has 0 aliphatic heterocycles. The van der Waals surface area contributed by atoms with Gasteiger partial charge in [-0.2, -0.15) is 0 Å². The van der Waals surface area contributed by atoms with Gasteiger partial charge in [0.25, 0.3) is 0 Å². The minimum atomic E-state index is -0.372. The topological polar surface area (TPSA) is 26.3 Å². The van der Waals surface area contributed by atoms with Crippen molar-refractivity contribution in [3.05, 3.63) is 12.8 Å². The van der Waals surface area contributed by atoms with Crippen LogP contribution in [0, 0.1) is 5.41 Å². The number of ether oxygens (including phenoxy) is 1. The Balaban J connectivity index is 3.90. The second kappa shape index (κ2) is 5.79. The van der Waals surface area contributed by atoms with Gasteiger partial charge in [-0.05, 0) is 20.3 Å². The van der Waals surface area contributed by atoms with E-state index in [0.717, 1.165) is 12.8 Å². The van der Waals surface area contributed by atoms with Crippen LogP contribution in [-0.2, 0) is 9.53 Å². The fraction of sp³-hybridized carbons (Fsp3) is 0.727. The van der Waals surface area contributed by atoms with E-state index in [-0.39, 0.29) is 11.4 Å². The van der Waals surface area contributed by atoms with E-state index < -0.39 is 0 Å². The van der Waals surface area contributed by atoms with Crippen molar-refractivity contribution < 1.29 is 9.53 Å². The lowest BCUT2D eigenvalue weighted by Crippen LogP contribution is -2.25. The number of esters is 1. The molecule has 0 radical (unpaired) electrons. The van der Waals surface area contributed by atoms with Crippen LogP contribution >= 0.6 is 0 Å². The molecule has 0 N–H and O–H groups in total. The molecule has 0 bridgehead atoms. The summed E-state index contributed by atoms with van der Waals surface area (Å²) in [5.74, 6) is -0.182. The third-order valence-electron chi connectivity index (χ3n) is 2.15. The van der Waals surface area contributed by atoms with E-state index in [1.807, 2.05) is 13.8 Å². The molecule has 0 aliphatic carbocycles. The van der Waals surface area contributed by atoms with Gasteiger partial charge in [-0.3, -0.25) is 4.79 Å². The van der Waals surface area contributed by atoms with E-state index in [0.29, 0.717) is 0 Å². The SMILES string of the molecule is C=COC(=O)C(C)(C)CCCCC. The predicted octanol–water partition coefficient (Wildman–Crippen LogP) is 3.28. The third kappa shape index (κ3) is 4.71. The zero-order chi connectivity index (χ0) is 10.3. The smallest absolute Gasteiger partial charge is 0.316 e. The highest BCUT2D eigenvalue weighted by Gasteiger charge is 2.27. The molecule has 2 heteroatoms. The van der Waals surface area contributed by atoms with Gasteiger partial charge in [-0.1, -0.05) is 32.8 Å². The quantitative estimate of drug-likeness (QED) is 0.360. The summed E-state index contributed by atoms with van der Waals surface area (Å²) in [6.45, 7) is 9.34. The van der Waals surface area contributed by atoms with Crippen molar-refractivity contribution >= 4 is 5.97 Å². The minimum absolute atomic E-state index is 0.182. The summed E-state index contributed by atoms with van der Waals surface area (Å²) in [6.07, 6.45) is 5.50. The molecule has 0 saturated carbocycles. The third-order valence-corrected chi connectivity index (χ3v) is 2.15. The summed E-state index contributed by atoms with van der Waals surface area (Å²) in [7, 11) is 0. The van der Waals surface area contributed by atoms with Crippen molar-refractivity contribution in [2.75, 3.05) is 0 Å². The normalized spacial score (nSPS) is 11.0. The molecule has 0 fully saturated rings. The van der Waals surface area contributed by atoms with Crippen LogP contribution in [0.2, 0.25) is 0 Å². The molecule has 0 aromatic carbocycles. The van der Waals surface area contributed by atoms with Crippen LogP contribution in [0.4, 0.5) is 0 Å². The Morgan fingerprint density at radius 2 is 2.08 bits per heavy atom. The Kier molecular flexibility index (Phi) is 5.44. The highest BCUT2D eigenvalue weighted by molar-refractivity contribution is 5.76. The first-order chi connectivity index (χ1) is 6.04. The molecule has 2 nitrogen and oxygen atoms in total. The zero-order valence-electron chi connectivity index (χ0n) is 8.93. The van der Waals surface area contributed by atoms with Gasteiger partial charge in [0.1, 0.15) is 0 Å². The second-order valence-electron chi connectivity index (χ2n) is 3.91. The molecule has 0 aromatic rings. The number of carbonyl (C=O) groups excluding carboxylic acids is 1. The Morgan fingerprint density at radius 3 is 2.54 bits per heavy atom. The summed E-state index contributed by atoms with van der Waals surface area (Å²) >= 11 is 0. The summed E-state index contributed by atoms with van der Waals surface area (Å²) in [5, 5.41) is 0. The number of carbonyl (C=O) groups is 1. The first kappa shape index (κ1) is 12.2. The molecule has 0 unspecified atom stereocenters. The van der Waals surface area contributed by atoms with Gasteiger partial charge in [-0.15, -0.1) is 0 Å². The highest BCUT2D eigenvalue weighted by atomic mass is 16.5. The van der Waals surface area contributed by atoms with Crippen molar-refractivity contribution in [3.63, 3.8) is 0 Å². The number of rotatable bonds is 6. The monoisotopic (exact) mass is 184 g/mol. The lowest BCUT2D eigenvalue weighted by atomic mass is 9.87. The largest absolute Gasteiger partial charge is 0.435 e. The first-order valence-corrected chi connectivity index (χ1v) is 4.86. The molecule has 0 spiro atoms. The van der Waals surface area contributed by atoms with E-state index >= 15 is 0 Å². The van der Waals surface area contributed by atoms with Crippen molar-refractivity contribution in [1.82, 2.24) is 0 Å². The lowest BCUT2D eigenvalue weighted by molar-refractivity contribution is -0.148. The van der Waals surface area contributed by atoms with Gasteiger partial charge in [-0.25, -0.2) is 0 Å². The van der Waals surface area contributed by atoms with Gasteiger partial charge < -0.3 is 4.74 Å². The second-order valence-corrected chi connectivity index (χ2v) is 3.91. The van der Waals surface area contributed by atoms with Crippen LogP contribution in [0.1, 0.15) is 46.5 Å². The molecule has 0 saturated heterocycles. The van der Waals surface area contributed by atoms with E-state index in [2.05, 4.69) is 13.5 Å². The van der Waals surface area contributed by atoms with Crippen LogP contribution in [0.3, 0.4) is 0 Å². The van der Waals surface area contributed by atoms with E-state index in [4.69, 9.17) is 4.74 Å². The van der Waals surface area contributed by atoms with Crippen molar-refractivity contribution in [3.8, 4) is 0 Å². The van der Waals surface area contributed by atoms with Crippen molar-refractivity contribution in [2.45, 2.75) is 46.5 Å². The maximum atomic E-state index is 11.4. The molecule has 0 amide bonds. The Morgan fingerprint density at radius 1 is 1.46 bits per heavy atom. The van der Waals surface area contributed by atoms with Crippen LogP contribution < -0.4 is 0 Å². The van der Waals surface area contributed by atoms with Gasteiger partial charge in [0, 0.05) is 0 Å². The maximum Gasteiger partial charge on any atom is 0.316 e. The number of hydrogen-bond donors (Lipinski definition) is 0. The van der Waals surface area contributed by atoms with Gasteiger partial charge in [0.15, 0.2) is 0 Å². The van der Waals surface area contributed by atoms with E-state index in [9.17, 15) is 4.79 Å². The van der Waals surface area contributed by atoms with Crippen LogP contribution in [-0.4, -0.2) is 5.97 Å². The maximum absolute atomic E-state index is 11.4. The molecule has 0 heterocycles. The molecular formula is C11H20O2. The lowest BCUT2D eigenvalue weighted by Gasteiger charge is -2.20. The Bertz CT molecular complexity index is 171. The molecule has 0 atom stereocenters. The molecule has 0 aromatic heterocycles. The van der Waals surface area contributed by atoms with Crippen LogP contribution in [0.15, 0.2) is 12.8 Å². The number of unbranched alkanes of at least 4 members (excludes halogenated alkanes) is 2. The summed E-state index contributed by atoms with van der Waals surface area (Å²) in [5.41, 5.74) is -0.372. The Hall–Kier alpha value is -0.790. The van der Waals surface area contributed by atoms with E-state index in [1.165, 1.54) is 19.1 Å². The van der Waals surface area contributed by atoms with Crippen LogP contribution in [0.25, 0.3) is 0 Å². The highest BCUT2D eigenvalue weighted by Crippen LogP contribution is 2.25. The Labute approximate surface area is 81.0 Å². The summed E-state index contributed by atoms with van der Waals surface area (Å²) in [4.78, 5) is 11.4. The first-order valence-electron chi connectivity index (χ1n) is 4.86. The number of hydrogen-bond acceptors (Lipinski definition) is 2. The molecule has 13 heavy (non-hydrogen) atoms. The minimum Gasteiger partial charge on any atom is -0.435 e. The molecule has 0 rings (SSSR count). The fourth-order valence-corrected chi connectivity index (χ4v) is 1.15. The predicted molar refractivity (Wildman–Crippen MR) is 54.2 cm³/mol. The summed E-state index contributed by atoms with van der Waals surface area (Å²) < 4.78 is 4.76. The van der Waals surface area contributed by atoms with Crippen molar-refractivity contribution in [1.29, 1.82) is 0 Å². The van der Waals surface area contributed by atoms with Gasteiger partial charge >= 0.3 is 5.97 Å². The van der Waals surface area contributed by atoms with E-state index in [1.54, 1.807) is 0 Å². The van der Waals surface area contributed by atoms with Gasteiger partial charge in [0.05, 0.1) is 11.7 Å². The fourth-order valence-electron chi connectivity index (χ4n) is 1.15. The summed E-state index contributed by atoms with van der Waals surface area (Å²) in [6, 6.07) is 0. The molecule has 0 aliphatic rings. The zero-order valence-corrected chi connectivity index (χ0v) is 8.93. The average Bonchev–Trinajstić information content (AvgIpc) is 2.05. The van der Waals surface area contributed by atoms with Crippen molar-refractivity contribution in [2.24, 2.45) is 5.41 Å². The van der Waals surface area contributed by atoms with Crippen LogP contribution in [0.5, 0.6) is 0 Å². The molecular weight excluding hydrogens is 164 g/mol. The molecule has 76 valence electrons. The standard InChI is InChI=1S/C11H20O2/c1-5-7-8-9-11(3,4)10(12)13-6-2/h6H,2,5,7-9H2,1,3-4H3. The van der Waals surface area contributed by atoms with Gasteiger partial charge in [0.2, 0.25) is 0 Å². The average molecular weight is 184 g/mol.